The van der Waals surface area contributed by atoms with Gasteiger partial charge in [0.2, 0.25) is 0 Å². The number of amidine groups is 1. The van der Waals surface area contributed by atoms with E-state index in [1.807, 2.05) is 86.7 Å². The summed E-state index contributed by atoms with van der Waals surface area (Å²) in [6.07, 6.45) is 7.24. The maximum Gasteiger partial charge on any atom is 0.267 e. The number of rotatable bonds is 6. The van der Waals surface area contributed by atoms with Gasteiger partial charge in [-0.25, -0.2) is 0 Å². The molecule has 3 aromatic rings. The summed E-state index contributed by atoms with van der Waals surface area (Å²) in [4.78, 5) is 15.4. The molecule has 0 saturated carbocycles. The summed E-state index contributed by atoms with van der Waals surface area (Å²) < 4.78 is 5.45. The van der Waals surface area contributed by atoms with E-state index in [4.69, 9.17) is 4.42 Å². The number of thioether (sulfide) groups is 1. The zero-order chi connectivity index (χ0) is 22.3. The molecule has 2 heterocycles. The van der Waals surface area contributed by atoms with E-state index in [1.165, 1.54) is 11.8 Å². The smallest absolute Gasteiger partial charge is 0.267 e. The Morgan fingerprint density at radius 1 is 1.06 bits per heavy atom. The van der Waals surface area contributed by atoms with Crippen molar-refractivity contribution >= 4 is 35.1 Å². The first-order valence-electron chi connectivity index (χ1n) is 10.2. The van der Waals surface area contributed by atoms with Crippen molar-refractivity contribution in [2.45, 2.75) is 20.4 Å². The minimum absolute atomic E-state index is 0.114. The zero-order valence-corrected chi connectivity index (χ0v) is 18.8. The van der Waals surface area contributed by atoms with Crippen molar-refractivity contribution in [2.75, 3.05) is 0 Å². The van der Waals surface area contributed by atoms with Gasteiger partial charge >= 0.3 is 0 Å². The van der Waals surface area contributed by atoms with E-state index >= 15 is 0 Å². The van der Waals surface area contributed by atoms with Crippen molar-refractivity contribution in [1.29, 1.82) is 0 Å². The summed E-state index contributed by atoms with van der Waals surface area (Å²) >= 11 is 1.32. The number of furan rings is 1. The topological polar surface area (TPSA) is 58.2 Å². The summed E-state index contributed by atoms with van der Waals surface area (Å²) in [5.74, 6) is 0.574. The van der Waals surface area contributed by atoms with Crippen LogP contribution in [0.25, 0.3) is 6.08 Å². The van der Waals surface area contributed by atoms with Crippen molar-refractivity contribution in [3.8, 4) is 0 Å². The van der Waals surface area contributed by atoms with Gasteiger partial charge in [0.05, 0.1) is 23.9 Å². The predicted molar refractivity (Wildman–Crippen MR) is 131 cm³/mol. The lowest BCUT2D eigenvalue weighted by atomic mass is 10.1. The zero-order valence-electron chi connectivity index (χ0n) is 17.9. The molecule has 1 saturated heterocycles. The molecule has 6 heteroatoms. The number of aryl methyl sites for hydroxylation is 1. The average molecular weight is 442 g/mol. The van der Waals surface area contributed by atoms with Crippen LogP contribution < -0.4 is 0 Å². The third-order valence-corrected chi connectivity index (χ3v) is 5.86. The van der Waals surface area contributed by atoms with E-state index in [1.54, 1.807) is 23.4 Å². The molecule has 5 nitrogen and oxygen atoms in total. The molecule has 0 N–H and O–H groups in total. The largest absolute Gasteiger partial charge is 0.467 e. The molecule has 0 spiro atoms. The molecule has 0 radical (unpaired) electrons. The quantitative estimate of drug-likeness (QED) is 0.266. The van der Waals surface area contributed by atoms with Gasteiger partial charge in [0, 0.05) is 0 Å². The number of hydrogen-bond acceptors (Lipinski definition) is 5. The van der Waals surface area contributed by atoms with E-state index < -0.39 is 0 Å². The molecule has 2 aromatic carbocycles. The van der Waals surface area contributed by atoms with Gasteiger partial charge in [-0.05, 0) is 66.1 Å². The van der Waals surface area contributed by atoms with Crippen LogP contribution in [-0.2, 0) is 11.3 Å². The third kappa shape index (κ3) is 5.34. The normalized spacial score (nSPS) is 17.2. The van der Waals surface area contributed by atoms with Crippen LogP contribution in [0.5, 0.6) is 0 Å². The Morgan fingerprint density at radius 3 is 2.59 bits per heavy atom. The van der Waals surface area contributed by atoms with Crippen LogP contribution in [0, 0.1) is 6.92 Å². The number of carbonyl (C=O) groups is 1. The molecule has 0 aliphatic carbocycles. The molecule has 0 bridgehead atoms. The monoisotopic (exact) mass is 441 g/mol. The van der Waals surface area contributed by atoms with Gasteiger partial charge in [-0.3, -0.25) is 9.69 Å². The molecule has 32 heavy (non-hydrogen) atoms. The van der Waals surface area contributed by atoms with Crippen LogP contribution in [0.1, 0.15) is 29.4 Å². The Balaban J connectivity index is 1.61. The minimum atomic E-state index is -0.114. The highest BCUT2D eigenvalue weighted by Gasteiger charge is 2.34. The van der Waals surface area contributed by atoms with E-state index in [2.05, 4.69) is 10.2 Å². The van der Waals surface area contributed by atoms with E-state index in [0.717, 1.165) is 22.3 Å². The van der Waals surface area contributed by atoms with Crippen LogP contribution in [0.15, 0.2) is 104 Å². The fourth-order valence-electron chi connectivity index (χ4n) is 3.21. The Bertz CT molecular complexity index is 1210. The van der Waals surface area contributed by atoms with Crippen LogP contribution in [-0.4, -0.2) is 22.2 Å². The lowest BCUT2D eigenvalue weighted by Gasteiger charge is -2.12. The number of nitrogens with zero attached hydrogens (tertiary/aromatic N) is 3. The van der Waals surface area contributed by atoms with Gasteiger partial charge in [-0.2, -0.15) is 5.10 Å². The van der Waals surface area contributed by atoms with Gasteiger partial charge < -0.3 is 4.42 Å². The first-order chi connectivity index (χ1) is 15.6. The first-order valence-corrected chi connectivity index (χ1v) is 11.1. The van der Waals surface area contributed by atoms with E-state index in [0.29, 0.717) is 22.4 Å². The minimum Gasteiger partial charge on any atom is -0.467 e. The van der Waals surface area contributed by atoms with Crippen molar-refractivity contribution in [3.63, 3.8) is 0 Å². The Kier molecular flexibility index (Phi) is 6.82. The molecule has 1 aromatic heterocycles. The Morgan fingerprint density at radius 2 is 1.84 bits per heavy atom. The van der Waals surface area contributed by atoms with Gasteiger partial charge in [-0.15, -0.1) is 5.10 Å². The fourth-order valence-corrected chi connectivity index (χ4v) is 4.20. The second-order valence-corrected chi connectivity index (χ2v) is 8.37. The fraction of sp³-hybridized carbons (Fsp3) is 0.115. The summed E-state index contributed by atoms with van der Waals surface area (Å²) in [6.45, 7) is 4.31. The molecular formula is C26H23N3O2S. The molecule has 160 valence electrons. The average Bonchev–Trinajstić information content (AvgIpc) is 3.40. The van der Waals surface area contributed by atoms with Crippen LogP contribution in [0.4, 0.5) is 0 Å². The van der Waals surface area contributed by atoms with Crippen LogP contribution >= 0.6 is 11.8 Å². The number of amides is 1. The molecule has 1 aliphatic rings. The summed E-state index contributed by atoms with van der Waals surface area (Å²) in [5, 5.41) is 9.14. The lowest BCUT2D eigenvalue weighted by molar-refractivity contribution is -0.122. The summed E-state index contributed by atoms with van der Waals surface area (Å²) in [5.41, 5.74) is 4.17. The van der Waals surface area contributed by atoms with E-state index in [-0.39, 0.29) is 5.91 Å². The first kappa shape index (κ1) is 21.6. The van der Waals surface area contributed by atoms with Gasteiger partial charge in [0.15, 0.2) is 5.17 Å². The van der Waals surface area contributed by atoms with E-state index in [9.17, 15) is 4.79 Å². The van der Waals surface area contributed by atoms with Crippen molar-refractivity contribution in [3.05, 3.63) is 112 Å². The van der Waals surface area contributed by atoms with Crippen molar-refractivity contribution in [1.82, 2.24) is 4.90 Å². The second kappa shape index (κ2) is 10.1. The standard InChI is InChI=1S/C26H23N3O2S/c1-19(15-21-10-4-3-5-11-21)16-24-25(30)29(18-23-13-8-14-31-23)26(32-24)28-27-17-22-12-7-6-9-20(22)2/h3-17H,18H2,1-2H3/b19-15+,24-16-,27-17-,28-26+. The highest BCUT2D eigenvalue weighted by molar-refractivity contribution is 8.18. The van der Waals surface area contributed by atoms with Crippen LogP contribution in [0.3, 0.4) is 0 Å². The van der Waals surface area contributed by atoms with Crippen molar-refractivity contribution < 1.29 is 9.21 Å². The number of allylic oxidation sites excluding steroid dienone is 2. The highest BCUT2D eigenvalue weighted by atomic mass is 32.2. The number of benzene rings is 2. The molecule has 0 atom stereocenters. The van der Waals surface area contributed by atoms with Gasteiger partial charge in [0.25, 0.3) is 5.91 Å². The van der Waals surface area contributed by atoms with Crippen molar-refractivity contribution in [2.24, 2.45) is 10.2 Å². The molecule has 4 rings (SSSR count). The molecule has 1 aliphatic heterocycles. The Labute approximate surface area is 191 Å². The summed E-state index contributed by atoms with van der Waals surface area (Å²) in [6, 6.07) is 21.6. The maximum atomic E-state index is 13.2. The molecule has 1 amide bonds. The third-order valence-electron chi connectivity index (χ3n) is 4.86. The van der Waals surface area contributed by atoms with Gasteiger partial charge in [-0.1, -0.05) is 60.7 Å². The molecule has 1 fully saturated rings. The SMILES string of the molecule is CC(/C=C1\S/C(=N/N=C\c2ccccc2C)N(Cc2ccco2)C1=O)=C\c1ccccc1. The summed E-state index contributed by atoms with van der Waals surface area (Å²) in [7, 11) is 0. The maximum absolute atomic E-state index is 13.2. The highest BCUT2D eigenvalue weighted by Crippen LogP contribution is 2.33. The van der Waals surface area contributed by atoms with Crippen LogP contribution in [0.2, 0.25) is 0 Å². The molecular weight excluding hydrogens is 418 g/mol. The number of hydrogen-bond donors (Lipinski definition) is 0. The van der Waals surface area contributed by atoms with Gasteiger partial charge in [0.1, 0.15) is 5.76 Å². The lowest BCUT2D eigenvalue weighted by Crippen LogP contribution is -2.28. The molecule has 0 unspecified atom stereocenters. The number of carbonyl (C=O) groups excluding carboxylic acids is 1. The second-order valence-electron chi connectivity index (χ2n) is 7.36. The Hall–Kier alpha value is -3.64. The predicted octanol–water partition coefficient (Wildman–Crippen LogP) is 6.04.